The Balaban J connectivity index is 1.42. The summed E-state index contributed by atoms with van der Waals surface area (Å²) in [4.78, 5) is 33.0. The molecule has 2 aliphatic heterocycles. The van der Waals surface area contributed by atoms with Crippen LogP contribution in [0, 0.1) is 12.7 Å². The zero-order valence-corrected chi connectivity index (χ0v) is 17.9. The van der Waals surface area contributed by atoms with Crippen molar-refractivity contribution < 1.29 is 14.0 Å². The van der Waals surface area contributed by atoms with Gasteiger partial charge in [-0.2, -0.15) is 0 Å². The van der Waals surface area contributed by atoms with Crippen LogP contribution in [0.25, 0.3) is 0 Å². The van der Waals surface area contributed by atoms with Crippen LogP contribution in [0.1, 0.15) is 41.3 Å². The van der Waals surface area contributed by atoms with Crippen molar-refractivity contribution >= 4 is 11.8 Å². The van der Waals surface area contributed by atoms with E-state index in [1.54, 1.807) is 0 Å². The van der Waals surface area contributed by atoms with Crippen molar-refractivity contribution in [1.82, 2.24) is 20.1 Å². The van der Waals surface area contributed by atoms with Crippen LogP contribution >= 0.6 is 0 Å². The van der Waals surface area contributed by atoms with Gasteiger partial charge < -0.3 is 10.2 Å². The molecule has 0 radical (unpaired) electrons. The van der Waals surface area contributed by atoms with Crippen molar-refractivity contribution in [2.45, 2.75) is 32.1 Å². The largest absolute Gasteiger partial charge is 0.354 e. The quantitative estimate of drug-likeness (QED) is 0.800. The molecule has 0 saturated carbocycles. The highest BCUT2D eigenvalue weighted by Gasteiger charge is 2.28. The summed E-state index contributed by atoms with van der Waals surface area (Å²) in [6.45, 7) is 5.28. The number of likely N-dealkylation sites (tertiary alicyclic amines) is 1. The van der Waals surface area contributed by atoms with Gasteiger partial charge in [-0.1, -0.05) is 12.1 Å². The molecule has 2 fully saturated rings. The van der Waals surface area contributed by atoms with Crippen LogP contribution in [0.2, 0.25) is 0 Å². The molecule has 2 aliphatic rings. The summed E-state index contributed by atoms with van der Waals surface area (Å²) >= 11 is 0. The highest BCUT2D eigenvalue weighted by molar-refractivity contribution is 5.82. The summed E-state index contributed by atoms with van der Waals surface area (Å²) in [7, 11) is 0. The third-order valence-corrected chi connectivity index (χ3v) is 6.02. The molecule has 6 nitrogen and oxygen atoms in total. The first kappa shape index (κ1) is 21.4. The van der Waals surface area contributed by atoms with Crippen molar-refractivity contribution in [3.05, 3.63) is 64.7 Å². The zero-order valence-electron chi connectivity index (χ0n) is 17.9. The van der Waals surface area contributed by atoms with Gasteiger partial charge in [-0.15, -0.1) is 0 Å². The molecule has 0 bridgehead atoms. The molecule has 4 rings (SSSR count). The van der Waals surface area contributed by atoms with Crippen molar-refractivity contribution in [3.8, 4) is 0 Å². The van der Waals surface area contributed by atoms with Gasteiger partial charge >= 0.3 is 0 Å². The molecule has 7 heteroatoms. The maximum Gasteiger partial charge on any atom is 0.236 e. The standard InChI is InChI=1S/C24H29FN4O2/c1-17-11-19(12-18-4-6-21(25)7-5-18)13-22(27-17)20-3-2-9-29(14-20)24(31)16-28-10-8-26-23(30)15-28/h4-7,11,13,20H,2-3,8-10,12,14-16H2,1H3,(H,26,30)/t20-/m1/s1. The number of rotatable bonds is 5. The van der Waals surface area contributed by atoms with E-state index in [0.717, 1.165) is 48.3 Å². The van der Waals surface area contributed by atoms with E-state index in [1.165, 1.54) is 12.1 Å². The second-order valence-corrected chi connectivity index (χ2v) is 8.58. The molecular formula is C24H29FN4O2. The Hall–Kier alpha value is -2.80. The van der Waals surface area contributed by atoms with E-state index >= 15 is 0 Å². The maximum atomic E-state index is 13.2. The number of carbonyl (C=O) groups is 2. The molecule has 1 atom stereocenters. The van der Waals surface area contributed by atoms with E-state index in [9.17, 15) is 14.0 Å². The normalized spacial score (nSPS) is 19.9. The second-order valence-electron chi connectivity index (χ2n) is 8.58. The molecule has 164 valence electrons. The topological polar surface area (TPSA) is 65.5 Å². The van der Waals surface area contributed by atoms with Gasteiger partial charge in [0.25, 0.3) is 0 Å². The predicted octanol–water partition coefficient (Wildman–Crippen LogP) is 2.26. The Morgan fingerprint density at radius 1 is 1.19 bits per heavy atom. The number of pyridine rings is 1. The van der Waals surface area contributed by atoms with E-state index in [2.05, 4.69) is 17.4 Å². The SMILES string of the molecule is Cc1cc(Cc2ccc(F)cc2)cc([C@@H]2CCCN(C(=O)CN3CCNC(=O)C3)C2)n1. The van der Waals surface area contributed by atoms with Gasteiger partial charge in [0.1, 0.15) is 5.82 Å². The van der Waals surface area contributed by atoms with Crippen LogP contribution in [0.3, 0.4) is 0 Å². The number of hydrogen-bond donors (Lipinski definition) is 1. The number of nitrogens with one attached hydrogen (secondary N) is 1. The summed E-state index contributed by atoms with van der Waals surface area (Å²) in [5.74, 6) is 0.0357. The smallest absolute Gasteiger partial charge is 0.236 e. The number of carbonyl (C=O) groups excluding carboxylic acids is 2. The molecule has 0 spiro atoms. The summed E-state index contributed by atoms with van der Waals surface area (Å²) in [5.41, 5.74) is 4.19. The summed E-state index contributed by atoms with van der Waals surface area (Å²) < 4.78 is 13.2. The van der Waals surface area contributed by atoms with Gasteiger partial charge in [0, 0.05) is 43.5 Å². The van der Waals surface area contributed by atoms with Gasteiger partial charge in [-0.25, -0.2) is 4.39 Å². The number of hydrogen-bond acceptors (Lipinski definition) is 4. The first-order chi connectivity index (χ1) is 15.0. The minimum absolute atomic E-state index is 0.0202. The van der Waals surface area contributed by atoms with Gasteiger partial charge in [0.2, 0.25) is 11.8 Å². The highest BCUT2D eigenvalue weighted by Crippen LogP contribution is 2.27. The number of nitrogens with zero attached hydrogens (tertiary/aromatic N) is 3. The number of amides is 2. The van der Waals surface area contributed by atoms with Crippen molar-refractivity contribution in [1.29, 1.82) is 0 Å². The molecule has 1 aromatic heterocycles. The maximum absolute atomic E-state index is 13.2. The van der Waals surface area contributed by atoms with Crippen LogP contribution in [-0.4, -0.2) is 65.9 Å². The van der Waals surface area contributed by atoms with Crippen LogP contribution < -0.4 is 5.32 Å². The second kappa shape index (κ2) is 9.56. The first-order valence-electron chi connectivity index (χ1n) is 10.9. The average molecular weight is 425 g/mol. The average Bonchev–Trinajstić information content (AvgIpc) is 2.75. The van der Waals surface area contributed by atoms with Crippen molar-refractivity contribution in [2.24, 2.45) is 0 Å². The Bertz CT molecular complexity index is 947. The number of piperidine rings is 1. The zero-order chi connectivity index (χ0) is 21.8. The number of aromatic nitrogens is 1. The van der Waals surface area contributed by atoms with E-state index in [-0.39, 0.29) is 36.6 Å². The lowest BCUT2D eigenvalue weighted by Gasteiger charge is -2.35. The number of aryl methyl sites for hydroxylation is 1. The van der Waals surface area contributed by atoms with Crippen molar-refractivity contribution in [2.75, 3.05) is 39.3 Å². The van der Waals surface area contributed by atoms with Crippen LogP contribution in [0.5, 0.6) is 0 Å². The molecule has 0 aliphatic carbocycles. The Morgan fingerprint density at radius 2 is 2.00 bits per heavy atom. The van der Waals surface area contributed by atoms with E-state index in [4.69, 9.17) is 4.98 Å². The molecule has 1 N–H and O–H groups in total. The third-order valence-electron chi connectivity index (χ3n) is 6.02. The van der Waals surface area contributed by atoms with Crippen molar-refractivity contribution in [3.63, 3.8) is 0 Å². The van der Waals surface area contributed by atoms with Gasteiger partial charge in [0.05, 0.1) is 13.1 Å². The van der Waals surface area contributed by atoms with Gasteiger partial charge in [-0.05, 0) is 61.6 Å². The molecular weight excluding hydrogens is 395 g/mol. The van der Waals surface area contributed by atoms with Crippen LogP contribution in [0.15, 0.2) is 36.4 Å². The Labute approximate surface area is 182 Å². The van der Waals surface area contributed by atoms with E-state index < -0.39 is 0 Å². The highest BCUT2D eigenvalue weighted by atomic mass is 19.1. The number of benzene rings is 1. The Morgan fingerprint density at radius 3 is 2.77 bits per heavy atom. The molecule has 1 aromatic carbocycles. The fourth-order valence-corrected chi connectivity index (χ4v) is 4.48. The fourth-order valence-electron chi connectivity index (χ4n) is 4.48. The monoisotopic (exact) mass is 424 g/mol. The lowest BCUT2D eigenvalue weighted by molar-refractivity contribution is -0.135. The predicted molar refractivity (Wildman–Crippen MR) is 116 cm³/mol. The van der Waals surface area contributed by atoms with Crippen LogP contribution in [-0.2, 0) is 16.0 Å². The Kier molecular flexibility index (Phi) is 6.61. The molecule has 3 heterocycles. The van der Waals surface area contributed by atoms with Gasteiger partial charge in [0.15, 0.2) is 0 Å². The molecule has 2 amide bonds. The van der Waals surface area contributed by atoms with Gasteiger partial charge in [-0.3, -0.25) is 19.5 Å². The van der Waals surface area contributed by atoms with Crippen LogP contribution in [0.4, 0.5) is 4.39 Å². The lowest BCUT2D eigenvalue weighted by Crippen LogP contribution is -2.52. The summed E-state index contributed by atoms with van der Waals surface area (Å²) in [5, 5.41) is 2.79. The number of piperazine rings is 1. The molecule has 2 aromatic rings. The van der Waals surface area contributed by atoms with E-state index in [0.29, 0.717) is 19.6 Å². The minimum Gasteiger partial charge on any atom is -0.354 e. The van der Waals surface area contributed by atoms with E-state index in [1.807, 2.05) is 28.9 Å². The molecule has 2 saturated heterocycles. The molecule has 0 unspecified atom stereocenters. The summed E-state index contributed by atoms with van der Waals surface area (Å²) in [6, 6.07) is 10.8. The first-order valence-corrected chi connectivity index (χ1v) is 10.9. The molecule has 31 heavy (non-hydrogen) atoms. The lowest BCUT2D eigenvalue weighted by atomic mass is 9.92. The third kappa shape index (κ3) is 5.67. The number of halogens is 1. The minimum atomic E-state index is -0.229. The fraction of sp³-hybridized carbons (Fsp3) is 0.458. The summed E-state index contributed by atoms with van der Waals surface area (Å²) in [6.07, 6.45) is 2.67.